The van der Waals surface area contributed by atoms with Crippen LogP contribution < -0.4 is 14.4 Å². The normalized spacial score (nSPS) is 17.4. The van der Waals surface area contributed by atoms with Crippen molar-refractivity contribution in [1.29, 1.82) is 0 Å². The van der Waals surface area contributed by atoms with Crippen LogP contribution in [-0.4, -0.2) is 35.4 Å². The molecule has 0 radical (unpaired) electrons. The number of nitrogens with zero attached hydrogens (tertiary/aromatic N) is 1. The number of hydrogen-bond acceptors (Lipinski definition) is 6. The van der Waals surface area contributed by atoms with Gasteiger partial charge in [-0.05, 0) is 48.0 Å². The molecule has 4 rings (SSSR count). The topological polar surface area (TPSA) is 96.3 Å². The number of carbonyl (C=O) groups is 2. The number of aliphatic hydroxyl groups excluding tert-OH is 1. The van der Waals surface area contributed by atoms with Crippen molar-refractivity contribution in [3.63, 3.8) is 0 Å². The van der Waals surface area contributed by atoms with Gasteiger partial charge in [-0.15, -0.1) is 13.2 Å². The van der Waals surface area contributed by atoms with E-state index >= 15 is 0 Å². The number of ketones is 1. The first kappa shape index (κ1) is 24.9. The molecular formula is C25H17ClF3NO6. The fraction of sp³-hybridized carbons (Fsp3) is 0.120. The quantitative estimate of drug-likeness (QED) is 0.259. The van der Waals surface area contributed by atoms with Crippen LogP contribution in [0.3, 0.4) is 0 Å². The lowest BCUT2D eigenvalue weighted by Crippen LogP contribution is -2.29. The van der Waals surface area contributed by atoms with Gasteiger partial charge in [0.25, 0.3) is 11.7 Å². The lowest BCUT2D eigenvalue weighted by molar-refractivity contribution is -0.274. The molecule has 0 aliphatic carbocycles. The summed E-state index contributed by atoms with van der Waals surface area (Å²) in [6, 6.07) is 13.0. The maximum atomic E-state index is 13.2. The Bertz CT molecular complexity index is 1370. The lowest BCUT2D eigenvalue weighted by Gasteiger charge is -2.26. The van der Waals surface area contributed by atoms with Gasteiger partial charge in [-0.25, -0.2) is 0 Å². The number of alkyl halides is 3. The summed E-state index contributed by atoms with van der Waals surface area (Å²) in [7, 11) is 1.36. The molecule has 1 fully saturated rings. The predicted octanol–water partition coefficient (Wildman–Crippen LogP) is 5.58. The number of aliphatic hydroxyl groups is 1. The summed E-state index contributed by atoms with van der Waals surface area (Å²) >= 11 is 6.05. The van der Waals surface area contributed by atoms with Gasteiger partial charge >= 0.3 is 6.36 Å². The van der Waals surface area contributed by atoms with Crippen LogP contribution in [0.15, 0.2) is 72.3 Å². The number of Topliss-reactive ketones (excluding diaryl/α,β-unsaturated/α-hetero) is 1. The van der Waals surface area contributed by atoms with E-state index in [1.807, 2.05) is 0 Å². The minimum absolute atomic E-state index is 0.0790. The van der Waals surface area contributed by atoms with E-state index in [4.69, 9.17) is 16.3 Å². The first-order valence-corrected chi connectivity index (χ1v) is 10.7. The summed E-state index contributed by atoms with van der Waals surface area (Å²) in [5.74, 6) is -3.20. The molecule has 1 heterocycles. The second-order valence-corrected chi connectivity index (χ2v) is 8.06. The fourth-order valence-electron chi connectivity index (χ4n) is 3.86. The van der Waals surface area contributed by atoms with Gasteiger partial charge in [0, 0.05) is 17.3 Å². The van der Waals surface area contributed by atoms with Crippen LogP contribution >= 0.6 is 11.6 Å². The molecule has 1 aliphatic heterocycles. The molecule has 3 aromatic carbocycles. The van der Waals surface area contributed by atoms with E-state index in [-0.39, 0.29) is 33.3 Å². The van der Waals surface area contributed by atoms with E-state index in [2.05, 4.69) is 4.74 Å². The molecule has 11 heteroatoms. The van der Waals surface area contributed by atoms with Crippen LogP contribution in [0.1, 0.15) is 17.2 Å². The molecule has 7 nitrogen and oxygen atoms in total. The van der Waals surface area contributed by atoms with Gasteiger partial charge in [-0.1, -0.05) is 29.8 Å². The Balaban J connectivity index is 1.91. The van der Waals surface area contributed by atoms with Crippen molar-refractivity contribution in [3.05, 3.63) is 88.5 Å². The molecule has 3 aromatic rings. The van der Waals surface area contributed by atoms with Crippen LogP contribution in [-0.2, 0) is 9.59 Å². The van der Waals surface area contributed by atoms with Crippen molar-refractivity contribution in [1.82, 2.24) is 0 Å². The Morgan fingerprint density at radius 1 is 1.03 bits per heavy atom. The number of rotatable bonds is 5. The standard InChI is InChI=1S/C25H17ClF3NO6/c1-35-19-11-14(7-10-18(19)26)22(32)20-21(13-5-8-16(31)9-6-13)30(24(34)23(20)33)15-3-2-4-17(12-15)36-25(27,28)29/h2-12,21,31-32H,1H3/b22-20+. The zero-order valence-electron chi connectivity index (χ0n) is 18.4. The molecule has 2 N–H and O–H groups in total. The van der Waals surface area contributed by atoms with Gasteiger partial charge in [0.15, 0.2) is 0 Å². The van der Waals surface area contributed by atoms with E-state index in [9.17, 15) is 33.0 Å². The zero-order chi connectivity index (χ0) is 26.2. The first-order valence-electron chi connectivity index (χ1n) is 10.3. The highest BCUT2D eigenvalue weighted by molar-refractivity contribution is 6.51. The molecule has 1 aliphatic rings. The Kier molecular flexibility index (Phi) is 6.55. The molecular weight excluding hydrogens is 503 g/mol. The van der Waals surface area contributed by atoms with E-state index in [1.165, 1.54) is 61.7 Å². The summed E-state index contributed by atoms with van der Waals surface area (Å²) in [5.41, 5.74) is 0.0191. The highest BCUT2D eigenvalue weighted by Crippen LogP contribution is 2.44. The fourth-order valence-corrected chi connectivity index (χ4v) is 4.06. The number of halogens is 4. The molecule has 1 amide bonds. The van der Waals surface area contributed by atoms with Gasteiger partial charge in [0.05, 0.1) is 23.7 Å². The number of ether oxygens (including phenoxy) is 2. The van der Waals surface area contributed by atoms with Crippen molar-refractivity contribution < 1.29 is 42.4 Å². The van der Waals surface area contributed by atoms with Crippen LogP contribution in [0.4, 0.5) is 18.9 Å². The number of anilines is 1. The van der Waals surface area contributed by atoms with Crippen LogP contribution in [0.5, 0.6) is 17.2 Å². The summed E-state index contributed by atoms with van der Waals surface area (Å²) in [6.07, 6.45) is -4.98. The Hall–Kier alpha value is -4.18. The Morgan fingerprint density at radius 2 is 1.72 bits per heavy atom. The molecule has 1 saturated heterocycles. The van der Waals surface area contributed by atoms with Crippen LogP contribution in [0.25, 0.3) is 5.76 Å². The summed E-state index contributed by atoms with van der Waals surface area (Å²) < 4.78 is 47.4. The molecule has 0 saturated carbocycles. The van der Waals surface area contributed by atoms with Crippen LogP contribution in [0, 0.1) is 0 Å². The Labute approximate surface area is 207 Å². The summed E-state index contributed by atoms with van der Waals surface area (Å²) in [5, 5.41) is 21.1. The van der Waals surface area contributed by atoms with Gasteiger partial charge < -0.3 is 19.7 Å². The lowest BCUT2D eigenvalue weighted by atomic mass is 9.95. The molecule has 186 valence electrons. The number of aromatic hydroxyl groups is 1. The van der Waals surface area contributed by atoms with Crippen LogP contribution in [0.2, 0.25) is 5.02 Å². The first-order chi connectivity index (χ1) is 17.0. The molecule has 1 atom stereocenters. The maximum absolute atomic E-state index is 13.2. The number of phenols is 1. The molecule has 0 spiro atoms. The van der Waals surface area contributed by atoms with Crippen molar-refractivity contribution in [2.24, 2.45) is 0 Å². The van der Waals surface area contributed by atoms with Crippen molar-refractivity contribution in [3.8, 4) is 17.2 Å². The number of phenolic OH excluding ortho intramolecular Hbond substituents is 1. The highest BCUT2D eigenvalue weighted by atomic mass is 35.5. The second kappa shape index (κ2) is 9.46. The number of hydrogen-bond donors (Lipinski definition) is 2. The predicted molar refractivity (Wildman–Crippen MR) is 124 cm³/mol. The van der Waals surface area contributed by atoms with E-state index in [0.29, 0.717) is 5.56 Å². The SMILES string of the molecule is COc1cc(/C(O)=C2\C(=O)C(=O)N(c3cccc(OC(F)(F)F)c3)C2c2ccc(O)cc2)ccc1Cl. The van der Waals surface area contributed by atoms with Gasteiger partial charge in [0.2, 0.25) is 0 Å². The summed E-state index contributed by atoms with van der Waals surface area (Å²) in [4.78, 5) is 27.3. The van der Waals surface area contributed by atoms with Crippen molar-refractivity contribution in [2.75, 3.05) is 12.0 Å². The number of amides is 1. The molecule has 0 aromatic heterocycles. The van der Waals surface area contributed by atoms with Crippen molar-refractivity contribution >= 4 is 34.7 Å². The van der Waals surface area contributed by atoms with E-state index in [1.54, 1.807) is 0 Å². The minimum atomic E-state index is -4.98. The smallest absolute Gasteiger partial charge is 0.508 e. The second-order valence-electron chi connectivity index (χ2n) is 7.66. The molecule has 36 heavy (non-hydrogen) atoms. The number of benzene rings is 3. The largest absolute Gasteiger partial charge is 0.573 e. The van der Waals surface area contributed by atoms with E-state index in [0.717, 1.165) is 17.0 Å². The minimum Gasteiger partial charge on any atom is -0.508 e. The monoisotopic (exact) mass is 519 g/mol. The van der Waals surface area contributed by atoms with E-state index < -0.39 is 35.6 Å². The molecule has 0 bridgehead atoms. The summed E-state index contributed by atoms with van der Waals surface area (Å²) in [6.45, 7) is 0. The van der Waals surface area contributed by atoms with Gasteiger partial charge in [0.1, 0.15) is 23.0 Å². The average Bonchev–Trinajstić information content (AvgIpc) is 3.09. The number of methoxy groups -OCH3 is 1. The molecule has 1 unspecified atom stereocenters. The maximum Gasteiger partial charge on any atom is 0.573 e. The van der Waals surface area contributed by atoms with Gasteiger partial charge in [-0.3, -0.25) is 14.5 Å². The average molecular weight is 520 g/mol. The zero-order valence-corrected chi connectivity index (χ0v) is 19.2. The highest BCUT2D eigenvalue weighted by Gasteiger charge is 2.47. The third-order valence-electron chi connectivity index (χ3n) is 5.41. The third-order valence-corrected chi connectivity index (χ3v) is 5.72. The Morgan fingerprint density at radius 3 is 2.36 bits per heavy atom. The van der Waals surface area contributed by atoms with Gasteiger partial charge in [-0.2, -0.15) is 0 Å². The van der Waals surface area contributed by atoms with Crippen molar-refractivity contribution in [2.45, 2.75) is 12.4 Å². The number of carbonyl (C=O) groups excluding carboxylic acids is 2. The third kappa shape index (κ3) is 4.80.